The Morgan fingerprint density at radius 3 is 1.45 bits per heavy atom. The second-order valence-electron chi connectivity index (χ2n) is 4.43. The number of unbranched alkanes of at least 4 members (excludes halogenated alkanes) is 1. The third-order valence-corrected chi connectivity index (χ3v) is 2.59. The van der Waals surface area contributed by atoms with Gasteiger partial charge < -0.3 is 18.9 Å². The molecule has 0 unspecified atom stereocenters. The number of hydrogen-bond acceptors (Lipinski definition) is 6. The van der Waals surface area contributed by atoms with Crippen molar-refractivity contribution in [3.05, 3.63) is 25.7 Å². The van der Waals surface area contributed by atoms with E-state index in [0.717, 1.165) is 0 Å². The Kier molecular flexibility index (Phi) is 14.0. The normalized spacial score (nSPS) is 9.64. The molecule has 0 rings (SSSR count). The lowest BCUT2D eigenvalue weighted by molar-refractivity contribution is -0.146. The number of esters is 2. The summed E-state index contributed by atoms with van der Waals surface area (Å²) in [4.78, 5) is 22.7. The maximum atomic E-state index is 11.4. The second kappa shape index (κ2) is 15.4. The van der Waals surface area contributed by atoms with Crippen LogP contribution < -0.4 is 0 Å². The molecule has 126 valence electrons. The molecule has 0 amide bonds. The van der Waals surface area contributed by atoms with Gasteiger partial charge in [0.25, 0.3) is 0 Å². The summed E-state index contributed by atoms with van der Waals surface area (Å²) >= 11 is 0. The Morgan fingerprint density at radius 1 is 0.682 bits per heavy atom. The summed E-state index contributed by atoms with van der Waals surface area (Å²) in [7, 11) is 0. The minimum absolute atomic E-state index is 0.256. The summed E-state index contributed by atoms with van der Waals surface area (Å²) in [6.45, 7) is 8.47. The summed E-state index contributed by atoms with van der Waals surface area (Å²) in [6.07, 6.45) is 5.82. The van der Waals surface area contributed by atoms with Gasteiger partial charge in [-0.15, -0.1) is 0 Å². The van der Waals surface area contributed by atoms with E-state index >= 15 is 0 Å². The van der Waals surface area contributed by atoms with E-state index in [1.807, 2.05) is 0 Å². The fourth-order valence-electron chi connectivity index (χ4n) is 1.51. The van der Waals surface area contributed by atoms with Crippen LogP contribution in [0.2, 0.25) is 0 Å². The lowest BCUT2D eigenvalue weighted by Crippen LogP contribution is -2.09. The van der Waals surface area contributed by atoms with Crippen molar-refractivity contribution < 1.29 is 28.5 Å². The molecule has 0 atom stereocenters. The fraction of sp³-hybridized carbons (Fsp3) is 0.625. The first-order valence-electron chi connectivity index (χ1n) is 7.47. The second-order valence-corrected chi connectivity index (χ2v) is 4.43. The van der Waals surface area contributed by atoms with Crippen molar-refractivity contribution in [2.24, 2.45) is 0 Å². The Morgan fingerprint density at radius 2 is 1.09 bits per heavy atom. The van der Waals surface area contributed by atoms with Crippen LogP contribution in [0, 0.1) is 0 Å². The van der Waals surface area contributed by atoms with Gasteiger partial charge in [-0.25, -0.2) is 0 Å². The molecule has 0 aromatic rings. The van der Waals surface area contributed by atoms with Crippen LogP contribution in [0.4, 0.5) is 0 Å². The van der Waals surface area contributed by atoms with Crippen LogP contribution in [0.1, 0.15) is 38.5 Å². The number of carbonyl (C=O) groups is 2. The highest BCUT2D eigenvalue weighted by atomic mass is 16.5. The minimum Gasteiger partial charge on any atom is -0.502 e. The molecule has 22 heavy (non-hydrogen) atoms. The van der Waals surface area contributed by atoms with Crippen molar-refractivity contribution in [3.8, 4) is 0 Å². The molecular weight excluding hydrogens is 288 g/mol. The minimum atomic E-state index is -0.256. The van der Waals surface area contributed by atoms with E-state index in [0.29, 0.717) is 65.0 Å². The summed E-state index contributed by atoms with van der Waals surface area (Å²) in [6, 6.07) is 0. The smallest absolute Gasteiger partial charge is 0.305 e. The van der Waals surface area contributed by atoms with Gasteiger partial charge in [0.15, 0.2) is 0 Å². The topological polar surface area (TPSA) is 71.1 Å². The SMILES string of the molecule is C=COCCCOC(=O)CCCCC(=O)OCCCOC=C. The van der Waals surface area contributed by atoms with Crippen molar-refractivity contribution in [2.45, 2.75) is 38.5 Å². The molecule has 0 aliphatic carbocycles. The molecule has 0 bridgehead atoms. The Hall–Kier alpha value is -1.98. The fourth-order valence-corrected chi connectivity index (χ4v) is 1.51. The van der Waals surface area contributed by atoms with E-state index in [-0.39, 0.29) is 11.9 Å². The van der Waals surface area contributed by atoms with Gasteiger partial charge in [-0.2, -0.15) is 0 Å². The van der Waals surface area contributed by atoms with Crippen molar-refractivity contribution in [2.75, 3.05) is 26.4 Å². The Labute approximate surface area is 132 Å². The molecule has 0 N–H and O–H groups in total. The van der Waals surface area contributed by atoms with Gasteiger partial charge in [0.05, 0.1) is 39.0 Å². The average Bonchev–Trinajstić information content (AvgIpc) is 2.51. The predicted octanol–water partition coefficient (Wildman–Crippen LogP) is 2.73. The van der Waals surface area contributed by atoms with Gasteiger partial charge in [0, 0.05) is 25.7 Å². The van der Waals surface area contributed by atoms with E-state index in [2.05, 4.69) is 13.2 Å². The first-order chi connectivity index (χ1) is 10.7. The summed E-state index contributed by atoms with van der Waals surface area (Å²) < 4.78 is 19.8. The van der Waals surface area contributed by atoms with Crippen LogP contribution in [0.15, 0.2) is 25.7 Å². The largest absolute Gasteiger partial charge is 0.502 e. The Balaban J connectivity index is 3.35. The van der Waals surface area contributed by atoms with E-state index in [1.165, 1.54) is 12.5 Å². The van der Waals surface area contributed by atoms with Crippen LogP contribution in [-0.2, 0) is 28.5 Å². The molecule has 0 saturated carbocycles. The zero-order chi connectivity index (χ0) is 16.5. The standard InChI is InChI=1S/C16H26O6/c1-3-19-11-7-13-21-15(17)9-5-6-10-16(18)22-14-8-12-20-4-2/h3-4H,1-2,5-14H2. The predicted molar refractivity (Wildman–Crippen MR) is 81.9 cm³/mol. The molecule has 0 aliphatic rings. The third-order valence-electron chi connectivity index (χ3n) is 2.59. The number of ether oxygens (including phenoxy) is 4. The molecule has 0 saturated heterocycles. The third kappa shape index (κ3) is 14.4. The summed E-state index contributed by atoms with van der Waals surface area (Å²) in [5, 5.41) is 0. The molecule has 0 spiro atoms. The van der Waals surface area contributed by atoms with Crippen LogP contribution in [0.3, 0.4) is 0 Å². The van der Waals surface area contributed by atoms with Crippen LogP contribution in [-0.4, -0.2) is 38.4 Å². The molecule has 0 radical (unpaired) electrons. The first-order valence-corrected chi connectivity index (χ1v) is 7.47. The highest BCUT2D eigenvalue weighted by Gasteiger charge is 2.06. The van der Waals surface area contributed by atoms with Crippen LogP contribution >= 0.6 is 0 Å². The lowest BCUT2D eigenvalue weighted by Gasteiger charge is -2.06. The van der Waals surface area contributed by atoms with Crippen molar-refractivity contribution in [1.82, 2.24) is 0 Å². The van der Waals surface area contributed by atoms with E-state index < -0.39 is 0 Å². The van der Waals surface area contributed by atoms with Crippen LogP contribution in [0.5, 0.6) is 0 Å². The number of hydrogen-bond donors (Lipinski definition) is 0. The maximum Gasteiger partial charge on any atom is 0.305 e. The van der Waals surface area contributed by atoms with Crippen molar-refractivity contribution >= 4 is 11.9 Å². The highest BCUT2D eigenvalue weighted by molar-refractivity contribution is 5.70. The molecule has 0 heterocycles. The molecule has 0 aromatic carbocycles. The monoisotopic (exact) mass is 314 g/mol. The van der Waals surface area contributed by atoms with Gasteiger partial charge >= 0.3 is 11.9 Å². The Bertz CT molecular complexity index is 295. The van der Waals surface area contributed by atoms with Gasteiger partial charge in [-0.1, -0.05) is 13.2 Å². The van der Waals surface area contributed by atoms with E-state index in [9.17, 15) is 9.59 Å². The molecule has 0 fully saturated rings. The quantitative estimate of drug-likeness (QED) is 0.263. The van der Waals surface area contributed by atoms with Crippen molar-refractivity contribution in [3.63, 3.8) is 0 Å². The number of rotatable bonds is 15. The summed E-state index contributed by atoms with van der Waals surface area (Å²) in [5.41, 5.74) is 0. The average molecular weight is 314 g/mol. The lowest BCUT2D eigenvalue weighted by atomic mass is 10.2. The molecular formula is C16H26O6. The molecule has 0 aromatic heterocycles. The van der Waals surface area contributed by atoms with E-state index in [1.54, 1.807) is 0 Å². The van der Waals surface area contributed by atoms with Gasteiger partial charge in [0.2, 0.25) is 0 Å². The van der Waals surface area contributed by atoms with E-state index in [4.69, 9.17) is 18.9 Å². The first kappa shape index (κ1) is 20.0. The highest BCUT2D eigenvalue weighted by Crippen LogP contribution is 2.03. The van der Waals surface area contributed by atoms with Crippen LogP contribution in [0.25, 0.3) is 0 Å². The van der Waals surface area contributed by atoms with Gasteiger partial charge in [-0.3, -0.25) is 9.59 Å². The maximum absolute atomic E-state index is 11.4. The number of carbonyl (C=O) groups excluding carboxylic acids is 2. The van der Waals surface area contributed by atoms with Gasteiger partial charge in [-0.05, 0) is 12.8 Å². The van der Waals surface area contributed by atoms with Gasteiger partial charge in [0.1, 0.15) is 0 Å². The molecule has 0 aliphatic heterocycles. The van der Waals surface area contributed by atoms with Crippen molar-refractivity contribution in [1.29, 1.82) is 0 Å². The summed E-state index contributed by atoms with van der Waals surface area (Å²) in [5.74, 6) is -0.512. The molecule has 6 nitrogen and oxygen atoms in total. The zero-order valence-electron chi connectivity index (χ0n) is 13.1. The molecule has 6 heteroatoms. The zero-order valence-corrected chi connectivity index (χ0v) is 13.1.